The first-order valence-electron chi connectivity index (χ1n) is 12.9. The molecule has 0 spiro atoms. The van der Waals surface area contributed by atoms with Gasteiger partial charge in [0.25, 0.3) is 5.91 Å². The maximum atomic E-state index is 13.4. The second-order valence-corrected chi connectivity index (χ2v) is 13.5. The fraction of sp³-hybridized carbons (Fsp3) is 0.583. The van der Waals surface area contributed by atoms with Crippen molar-refractivity contribution in [1.29, 1.82) is 0 Å². The Morgan fingerprint density at radius 2 is 1.82 bits per heavy atom. The number of ether oxygens (including phenoxy) is 1. The monoisotopic (exact) mass is 599 g/mol. The molecule has 4 heterocycles. The minimum Gasteiger partial charge on any atom is -0.368 e. The summed E-state index contributed by atoms with van der Waals surface area (Å²) in [6, 6.07) is 1.55. The van der Waals surface area contributed by atoms with E-state index in [1.165, 1.54) is 16.8 Å². The molecule has 1 N–H and O–H groups in total. The van der Waals surface area contributed by atoms with Crippen molar-refractivity contribution in [2.75, 3.05) is 38.2 Å². The van der Waals surface area contributed by atoms with E-state index in [4.69, 9.17) is 4.74 Å². The molecule has 1 saturated heterocycles. The number of nitrogens with zero attached hydrogens (tertiary/aromatic N) is 6. The Bertz CT molecular complexity index is 1560. The normalized spacial score (nSPS) is 20.5. The fourth-order valence-electron chi connectivity index (χ4n) is 5.16. The van der Waals surface area contributed by atoms with Gasteiger partial charge in [-0.25, -0.2) is 18.1 Å². The molecule has 0 aromatic carbocycles. The van der Waals surface area contributed by atoms with E-state index in [2.05, 4.69) is 19.9 Å². The number of methoxy groups -OCH3 is 1. The number of halogens is 3. The van der Waals surface area contributed by atoms with Crippen molar-refractivity contribution in [1.82, 2.24) is 29.2 Å². The number of piperazine rings is 1. The number of amides is 1. The van der Waals surface area contributed by atoms with Crippen LogP contribution in [0.3, 0.4) is 0 Å². The highest BCUT2D eigenvalue weighted by Gasteiger charge is 2.47. The average molecular weight is 600 g/mol. The van der Waals surface area contributed by atoms with E-state index in [0.29, 0.717) is 74.4 Å². The summed E-state index contributed by atoms with van der Waals surface area (Å²) in [5, 5.41) is 5.73. The van der Waals surface area contributed by atoms with E-state index in [9.17, 15) is 26.4 Å². The van der Waals surface area contributed by atoms with Crippen molar-refractivity contribution in [2.24, 2.45) is 0 Å². The van der Waals surface area contributed by atoms with E-state index >= 15 is 0 Å². The standard InChI is InChI=1S/C24H28F3N7O4S2/c1-22(6-7-22)31-40(36,37)15-12-16(32-8-10-33(11-9-32)21(35)23(38-2)4-3-5-23)17-13-28-18(34(17)14-15)19-29-30-20(39-19)24(25,26)27/h12-14,31H,3-11H2,1-2H3. The summed E-state index contributed by atoms with van der Waals surface area (Å²) in [7, 11) is -2.41. The molecule has 6 rings (SSSR count). The molecule has 3 fully saturated rings. The van der Waals surface area contributed by atoms with Crippen LogP contribution in [0.15, 0.2) is 23.4 Å². The maximum absolute atomic E-state index is 13.4. The highest BCUT2D eigenvalue weighted by Crippen LogP contribution is 2.40. The first-order chi connectivity index (χ1) is 18.8. The lowest BCUT2D eigenvalue weighted by molar-refractivity contribution is -0.166. The van der Waals surface area contributed by atoms with E-state index in [-0.39, 0.29) is 21.6 Å². The third-order valence-corrected chi connectivity index (χ3v) is 10.6. The number of fused-ring (bicyclic) bond motifs is 1. The number of anilines is 1. The molecule has 0 bridgehead atoms. The Morgan fingerprint density at radius 1 is 1.12 bits per heavy atom. The highest BCUT2D eigenvalue weighted by molar-refractivity contribution is 7.89. The van der Waals surface area contributed by atoms with Gasteiger partial charge in [-0.15, -0.1) is 10.2 Å². The SMILES string of the molecule is COC1(C(=O)N2CCN(c3cc(S(=O)(=O)NC4(C)CC4)cn4c(-c5nnc(C(F)(F)F)s5)ncc34)CC2)CCC1. The topological polar surface area (TPSA) is 122 Å². The van der Waals surface area contributed by atoms with Crippen LogP contribution in [0.1, 0.15) is 44.0 Å². The van der Waals surface area contributed by atoms with Crippen molar-refractivity contribution >= 4 is 38.5 Å². The molecule has 1 amide bonds. The van der Waals surface area contributed by atoms with Gasteiger partial charge in [0.2, 0.25) is 15.0 Å². The molecule has 1 aliphatic heterocycles. The maximum Gasteiger partial charge on any atom is 0.445 e. The zero-order chi connectivity index (χ0) is 28.5. The number of alkyl halides is 3. The first kappa shape index (κ1) is 27.4. The molecular formula is C24H28F3N7O4S2. The second-order valence-electron chi connectivity index (χ2n) is 10.8. The lowest BCUT2D eigenvalue weighted by atomic mass is 9.78. The van der Waals surface area contributed by atoms with Crippen LogP contribution in [0, 0.1) is 0 Å². The predicted octanol–water partition coefficient (Wildman–Crippen LogP) is 2.92. The number of hydrogen-bond acceptors (Lipinski definition) is 9. The number of hydrogen-bond donors (Lipinski definition) is 1. The Balaban J connectivity index is 1.36. The van der Waals surface area contributed by atoms with Gasteiger partial charge in [0, 0.05) is 45.0 Å². The van der Waals surface area contributed by atoms with E-state index in [0.717, 1.165) is 6.42 Å². The molecule has 0 radical (unpaired) electrons. The average Bonchev–Trinajstić information content (AvgIpc) is 3.25. The predicted molar refractivity (Wildman–Crippen MR) is 139 cm³/mol. The largest absolute Gasteiger partial charge is 0.445 e. The van der Waals surface area contributed by atoms with Gasteiger partial charge >= 0.3 is 6.18 Å². The molecule has 2 saturated carbocycles. The Labute approximate surface area is 232 Å². The summed E-state index contributed by atoms with van der Waals surface area (Å²) in [5.74, 6) is 0.0207. The molecule has 0 unspecified atom stereocenters. The van der Waals surface area contributed by atoms with Crippen molar-refractivity contribution < 1.29 is 31.1 Å². The Morgan fingerprint density at radius 3 is 2.38 bits per heavy atom. The van der Waals surface area contributed by atoms with Gasteiger partial charge in [0.05, 0.1) is 17.4 Å². The van der Waals surface area contributed by atoms with Gasteiger partial charge < -0.3 is 14.5 Å². The van der Waals surface area contributed by atoms with Crippen molar-refractivity contribution in [3.63, 3.8) is 0 Å². The van der Waals surface area contributed by atoms with Crippen LogP contribution in [-0.2, 0) is 25.7 Å². The van der Waals surface area contributed by atoms with Gasteiger partial charge in [0.1, 0.15) is 10.5 Å². The number of pyridine rings is 1. The number of carbonyl (C=O) groups is 1. The molecule has 0 atom stereocenters. The smallest absolute Gasteiger partial charge is 0.368 e. The minimum absolute atomic E-state index is 0.0346. The van der Waals surface area contributed by atoms with Gasteiger partial charge in [0.15, 0.2) is 10.8 Å². The van der Waals surface area contributed by atoms with Gasteiger partial charge in [-0.1, -0.05) is 11.3 Å². The third-order valence-electron chi connectivity index (χ3n) is 7.99. The van der Waals surface area contributed by atoms with Crippen molar-refractivity contribution in [3.05, 3.63) is 23.5 Å². The van der Waals surface area contributed by atoms with Crippen LogP contribution < -0.4 is 9.62 Å². The van der Waals surface area contributed by atoms with Crippen LogP contribution in [0.25, 0.3) is 16.3 Å². The van der Waals surface area contributed by atoms with Crippen LogP contribution in [0.4, 0.5) is 18.9 Å². The zero-order valence-corrected chi connectivity index (χ0v) is 23.5. The minimum atomic E-state index is -4.66. The number of aromatic nitrogens is 4. The number of sulfonamides is 1. The lowest BCUT2D eigenvalue weighted by Gasteiger charge is -2.45. The summed E-state index contributed by atoms with van der Waals surface area (Å²) in [5.41, 5.74) is -0.245. The molecule has 40 heavy (non-hydrogen) atoms. The number of imidazole rings is 1. The lowest BCUT2D eigenvalue weighted by Crippen LogP contribution is -2.59. The molecule has 11 nitrogen and oxygen atoms in total. The van der Waals surface area contributed by atoms with E-state index in [1.54, 1.807) is 18.1 Å². The molecular weight excluding hydrogens is 571 g/mol. The second kappa shape index (κ2) is 9.36. The van der Waals surface area contributed by atoms with Gasteiger partial charge in [-0.3, -0.25) is 9.20 Å². The summed E-state index contributed by atoms with van der Waals surface area (Å²) in [6.07, 6.45) is 1.91. The molecule has 3 aliphatic rings. The number of rotatable bonds is 7. The third kappa shape index (κ3) is 4.73. The quantitative estimate of drug-likeness (QED) is 0.440. The molecule has 2 aliphatic carbocycles. The van der Waals surface area contributed by atoms with E-state index in [1.807, 2.05) is 11.8 Å². The summed E-state index contributed by atoms with van der Waals surface area (Å²) in [4.78, 5) is 21.1. The van der Waals surface area contributed by atoms with E-state index < -0.39 is 32.3 Å². The van der Waals surface area contributed by atoms with Gasteiger partial charge in [-0.05, 0) is 45.1 Å². The molecule has 16 heteroatoms. The summed E-state index contributed by atoms with van der Waals surface area (Å²) in [6.45, 7) is 3.49. The number of carbonyl (C=O) groups excluding carboxylic acids is 1. The van der Waals surface area contributed by atoms with Crippen LogP contribution in [0.2, 0.25) is 0 Å². The molecule has 3 aromatic heterocycles. The Hall–Kier alpha value is -2.82. The highest BCUT2D eigenvalue weighted by atomic mass is 32.2. The summed E-state index contributed by atoms with van der Waals surface area (Å²) < 4.78 is 76.1. The van der Waals surface area contributed by atoms with Crippen LogP contribution >= 0.6 is 11.3 Å². The molecule has 216 valence electrons. The van der Waals surface area contributed by atoms with Crippen molar-refractivity contribution in [2.45, 2.75) is 61.2 Å². The Kier molecular flexibility index (Phi) is 6.40. The van der Waals surface area contributed by atoms with Crippen molar-refractivity contribution in [3.8, 4) is 10.8 Å². The number of nitrogens with one attached hydrogen (secondary N) is 1. The van der Waals surface area contributed by atoms with Crippen LogP contribution in [-0.4, -0.2) is 83.2 Å². The summed E-state index contributed by atoms with van der Waals surface area (Å²) >= 11 is 0.337. The zero-order valence-electron chi connectivity index (χ0n) is 21.9. The first-order valence-corrected chi connectivity index (χ1v) is 15.2. The molecule has 3 aromatic rings. The van der Waals surface area contributed by atoms with Gasteiger partial charge in [-0.2, -0.15) is 13.2 Å². The fourth-order valence-corrected chi connectivity index (χ4v) is 7.34. The van der Waals surface area contributed by atoms with Crippen LogP contribution in [0.5, 0.6) is 0 Å².